The summed E-state index contributed by atoms with van der Waals surface area (Å²) in [5, 5.41) is 4.56. The van der Waals surface area contributed by atoms with Crippen LogP contribution in [0.1, 0.15) is 20.9 Å². The van der Waals surface area contributed by atoms with Gasteiger partial charge in [-0.3, -0.25) is 9.59 Å². The van der Waals surface area contributed by atoms with Crippen molar-refractivity contribution in [1.82, 2.24) is 4.90 Å². The van der Waals surface area contributed by atoms with Gasteiger partial charge < -0.3 is 19.5 Å². The number of fused-ring (bicyclic) bond motifs is 1. The third kappa shape index (κ3) is 4.60. The van der Waals surface area contributed by atoms with Gasteiger partial charge in [-0.05, 0) is 54.6 Å². The van der Waals surface area contributed by atoms with Gasteiger partial charge in [0.15, 0.2) is 5.76 Å². The highest BCUT2D eigenvalue weighted by Crippen LogP contribution is 2.25. The molecule has 1 aliphatic heterocycles. The smallest absolute Gasteiger partial charge is 0.289 e. The molecule has 0 atom stereocenters. The van der Waals surface area contributed by atoms with E-state index in [-0.39, 0.29) is 11.8 Å². The van der Waals surface area contributed by atoms with Gasteiger partial charge >= 0.3 is 0 Å². The van der Waals surface area contributed by atoms with Crippen molar-refractivity contribution in [3.8, 4) is 0 Å². The summed E-state index contributed by atoms with van der Waals surface area (Å²) in [6.07, 6.45) is 0. The van der Waals surface area contributed by atoms with Crippen molar-refractivity contribution >= 4 is 57.4 Å². The van der Waals surface area contributed by atoms with Crippen molar-refractivity contribution in [2.24, 2.45) is 0 Å². The second-order valence-electron chi connectivity index (χ2n) is 8.05. The van der Waals surface area contributed by atoms with Crippen LogP contribution in [0.25, 0.3) is 11.0 Å². The van der Waals surface area contributed by atoms with E-state index in [2.05, 4.69) is 10.2 Å². The molecule has 5 rings (SSSR count). The van der Waals surface area contributed by atoms with Gasteiger partial charge in [0.25, 0.3) is 11.8 Å². The van der Waals surface area contributed by atoms with E-state index in [1.165, 1.54) is 0 Å². The molecule has 0 aliphatic carbocycles. The molecule has 172 valence electrons. The van der Waals surface area contributed by atoms with Crippen molar-refractivity contribution in [1.29, 1.82) is 0 Å². The van der Waals surface area contributed by atoms with E-state index < -0.39 is 0 Å². The van der Waals surface area contributed by atoms with Crippen LogP contribution < -0.4 is 10.2 Å². The summed E-state index contributed by atoms with van der Waals surface area (Å²) >= 11 is 12.0. The fourth-order valence-electron chi connectivity index (χ4n) is 4.04. The van der Waals surface area contributed by atoms with Gasteiger partial charge in [-0.15, -0.1) is 0 Å². The Morgan fingerprint density at radius 3 is 2.29 bits per heavy atom. The predicted octanol–water partition coefficient (Wildman–Crippen LogP) is 5.95. The average Bonchev–Trinajstić information content (AvgIpc) is 3.28. The minimum absolute atomic E-state index is 0.0882. The largest absolute Gasteiger partial charge is 0.451 e. The number of nitrogens with one attached hydrogen (secondary N) is 1. The molecule has 1 aliphatic rings. The number of piperazine rings is 1. The van der Waals surface area contributed by atoms with Gasteiger partial charge in [0.1, 0.15) is 5.58 Å². The minimum Gasteiger partial charge on any atom is -0.451 e. The van der Waals surface area contributed by atoms with E-state index in [1.54, 1.807) is 24.3 Å². The van der Waals surface area contributed by atoms with Crippen LogP contribution in [-0.2, 0) is 0 Å². The highest BCUT2D eigenvalue weighted by molar-refractivity contribution is 6.37. The first kappa shape index (κ1) is 22.3. The number of halogens is 2. The predicted molar refractivity (Wildman–Crippen MR) is 135 cm³/mol. The number of carbonyl (C=O) groups excluding carboxylic acids is 2. The molecule has 0 bridgehead atoms. The zero-order valence-corrected chi connectivity index (χ0v) is 19.6. The van der Waals surface area contributed by atoms with Gasteiger partial charge in [-0.2, -0.15) is 0 Å². The van der Waals surface area contributed by atoms with E-state index in [9.17, 15) is 9.59 Å². The SMILES string of the molecule is O=C(Nc1ccc(N2CCN(C(=O)c3cc4ccccc4o3)CC2)cc1)c1ccc(Cl)cc1Cl. The number of hydrogen-bond acceptors (Lipinski definition) is 4. The van der Waals surface area contributed by atoms with E-state index in [0.717, 1.165) is 16.7 Å². The molecule has 1 saturated heterocycles. The lowest BCUT2D eigenvalue weighted by molar-refractivity contribution is 0.0717. The Balaban J connectivity index is 1.19. The van der Waals surface area contributed by atoms with Crippen molar-refractivity contribution in [2.45, 2.75) is 0 Å². The number of rotatable bonds is 4. The maximum Gasteiger partial charge on any atom is 0.289 e. The molecule has 2 amide bonds. The topological polar surface area (TPSA) is 65.8 Å². The van der Waals surface area contributed by atoms with Crippen LogP contribution in [0.2, 0.25) is 10.0 Å². The Morgan fingerprint density at radius 1 is 0.853 bits per heavy atom. The van der Waals surface area contributed by atoms with E-state index in [4.69, 9.17) is 27.6 Å². The maximum atomic E-state index is 12.9. The number of hydrogen-bond donors (Lipinski definition) is 1. The Hall–Kier alpha value is -3.48. The first-order valence-electron chi connectivity index (χ1n) is 10.9. The van der Waals surface area contributed by atoms with E-state index in [1.807, 2.05) is 53.4 Å². The number of carbonyl (C=O) groups is 2. The van der Waals surface area contributed by atoms with Gasteiger partial charge in [-0.1, -0.05) is 41.4 Å². The second kappa shape index (κ2) is 9.41. The van der Waals surface area contributed by atoms with Gasteiger partial charge in [0, 0.05) is 48.0 Å². The molecule has 1 fully saturated rings. The summed E-state index contributed by atoms with van der Waals surface area (Å²) in [4.78, 5) is 29.4. The van der Waals surface area contributed by atoms with Gasteiger partial charge in [-0.25, -0.2) is 0 Å². The average molecular weight is 494 g/mol. The third-order valence-electron chi connectivity index (χ3n) is 5.87. The van der Waals surface area contributed by atoms with Crippen LogP contribution in [-0.4, -0.2) is 42.9 Å². The second-order valence-corrected chi connectivity index (χ2v) is 8.90. The van der Waals surface area contributed by atoms with Gasteiger partial charge in [0.2, 0.25) is 0 Å². The summed E-state index contributed by atoms with van der Waals surface area (Å²) in [6.45, 7) is 2.61. The maximum absolute atomic E-state index is 12.9. The third-order valence-corrected chi connectivity index (χ3v) is 6.42. The van der Waals surface area contributed by atoms with Crippen molar-refractivity contribution < 1.29 is 14.0 Å². The van der Waals surface area contributed by atoms with Crippen LogP contribution in [0.4, 0.5) is 11.4 Å². The summed E-state index contributed by atoms with van der Waals surface area (Å²) in [5.74, 6) is -0.0163. The quantitative estimate of drug-likeness (QED) is 0.381. The monoisotopic (exact) mass is 493 g/mol. The molecule has 34 heavy (non-hydrogen) atoms. The summed E-state index contributed by atoms with van der Waals surface area (Å²) in [5.41, 5.74) is 2.77. The van der Waals surface area contributed by atoms with Crippen LogP contribution >= 0.6 is 23.2 Å². The Morgan fingerprint density at radius 2 is 1.59 bits per heavy atom. The number of benzene rings is 3. The molecule has 6 nitrogen and oxygen atoms in total. The Kier molecular flexibility index (Phi) is 6.18. The fraction of sp³-hybridized carbons (Fsp3) is 0.154. The van der Waals surface area contributed by atoms with E-state index in [0.29, 0.717) is 53.2 Å². The van der Waals surface area contributed by atoms with Crippen molar-refractivity contribution in [2.75, 3.05) is 36.4 Å². The van der Waals surface area contributed by atoms with Crippen LogP contribution in [0.5, 0.6) is 0 Å². The lowest BCUT2D eigenvalue weighted by Crippen LogP contribution is -2.48. The van der Waals surface area contributed by atoms with Crippen molar-refractivity contribution in [3.63, 3.8) is 0 Å². The number of para-hydroxylation sites is 1. The molecule has 4 aromatic rings. The highest BCUT2D eigenvalue weighted by Gasteiger charge is 2.24. The Bertz CT molecular complexity index is 1330. The van der Waals surface area contributed by atoms with Gasteiger partial charge in [0.05, 0.1) is 10.6 Å². The lowest BCUT2D eigenvalue weighted by atomic mass is 10.2. The fourth-order valence-corrected chi connectivity index (χ4v) is 4.53. The molecular weight excluding hydrogens is 473 g/mol. The normalized spacial score (nSPS) is 13.8. The molecule has 8 heteroatoms. The van der Waals surface area contributed by atoms with Crippen LogP contribution in [0.3, 0.4) is 0 Å². The van der Waals surface area contributed by atoms with Crippen LogP contribution in [0, 0.1) is 0 Å². The van der Waals surface area contributed by atoms with Crippen molar-refractivity contribution in [3.05, 3.63) is 94.2 Å². The molecule has 0 spiro atoms. The molecule has 0 saturated carbocycles. The first-order valence-corrected chi connectivity index (χ1v) is 11.6. The standard InChI is InChI=1S/C26H21Cl2N3O3/c27-18-5-10-21(22(28)16-18)25(32)29-19-6-8-20(9-7-19)30-11-13-31(14-12-30)26(33)24-15-17-3-1-2-4-23(17)34-24/h1-10,15-16H,11-14H2,(H,29,32). The summed E-state index contributed by atoms with van der Waals surface area (Å²) < 4.78 is 5.73. The van der Waals surface area contributed by atoms with Crippen LogP contribution in [0.15, 0.2) is 77.2 Å². The first-order chi connectivity index (χ1) is 16.5. The summed E-state index contributed by atoms with van der Waals surface area (Å²) in [7, 11) is 0. The number of amides is 2. The molecule has 3 aromatic carbocycles. The highest BCUT2D eigenvalue weighted by atomic mass is 35.5. The molecule has 1 aromatic heterocycles. The zero-order chi connectivity index (χ0) is 23.7. The Labute approximate surface area is 206 Å². The zero-order valence-electron chi connectivity index (χ0n) is 18.1. The molecule has 1 N–H and O–H groups in total. The molecule has 0 unspecified atom stereocenters. The van der Waals surface area contributed by atoms with E-state index >= 15 is 0 Å². The lowest BCUT2D eigenvalue weighted by Gasteiger charge is -2.35. The molecule has 2 heterocycles. The number of furan rings is 1. The number of nitrogens with zero attached hydrogens (tertiary/aromatic N) is 2. The molecule has 0 radical (unpaired) electrons. The summed E-state index contributed by atoms with van der Waals surface area (Å²) in [6, 6.07) is 21.8. The molecular formula is C26H21Cl2N3O3. The minimum atomic E-state index is -0.299. The number of anilines is 2.